The second kappa shape index (κ2) is 7.51. The van der Waals surface area contributed by atoms with Gasteiger partial charge in [-0.25, -0.2) is 0 Å². The minimum atomic E-state index is -0.990. The number of thiophene rings is 1. The predicted octanol–water partition coefficient (Wildman–Crippen LogP) is 1.82. The largest absolute Gasteiger partial charge is 0.481 e. The molecule has 1 saturated heterocycles. The van der Waals surface area contributed by atoms with Gasteiger partial charge in [0.25, 0.3) is 0 Å². The summed E-state index contributed by atoms with van der Waals surface area (Å²) in [6.07, 6.45) is 0.889. The number of likely N-dealkylation sites (tertiary alicyclic amines) is 1. The van der Waals surface area contributed by atoms with Crippen LogP contribution in [0.4, 0.5) is 0 Å². The molecule has 2 heterocycles. The second-order valence-corrected chi connectivity index (χ2v) is 6.50. The van der Waals surface area contributed by atoms with E-state index in [2.05, 4.69) is 0 Å². The third-order valence-corrected chi connectivity index (χ3v) is 4.86. The van der Waals surface area contributed by atoms with Crippen molar-refractivity contribution in [1.82, 2.24) is 4.90 Å². The number of carboxylic acid groups (broad SMARTS) is 2. The molecule has 0 saturated carbocycles. The Bertz CT molecular complexity index is 534. The first-order valence-electron chi connectivity index (χ1n) is 7.22. The van der Waals surface area contributed by atoms with E-state index >= 15 is 0 Å². The van der Waals surface area contributed by atoms with Crippen LogP contribution in [0.15, 0.2) is 17.5 Å². The van der Waals surface area contributed by atoms with Gasteiger partial charge in [-0.1, -0.05) is 6.07 Å². The number of hydrogen-bond acceptors (Lipinski definition) is 5. The molecule has 1 atom stereocenters. The fourth-order valence-corrected chi connectivity index (χ4v) is 3.49. The molecule has 0 spiro atoms. The summed E-state index contributed by atoms with van der Waals surface area (Å²) in [4.78, 5) is 37.0. The summed E-state index contributed by atoms with van der Waals surface area (Å²) >= 11 is 1.31. The number of Topliss-reactive ketones (excluding diaryl/α,β-unsaturated/α-hetero) is 1. The summed E-state index contributed by atoms with van der Waals surface area (Å²) in [6.45, 7) is 1.55. The standard InChI is InChI=1S/C15H19NO5S/c17-13(18)8-11(14(19)12-2-1-7-22-12)9-16-5-3-10(4-6-16)15(20)21/h1-2,7,10-11H,3-6,8-9H2,(H,17,18)(H,20,21). The summed E-state index contributed by atoms with van der Waals surface area (Å²) in [7, 11) is 0. The number of carbonyl (C=O) groups excluding carboxylic acids is 1. The maximum absolute atomic E-state index is 12.4. The Balaban J connectivity index is 1.97. The van der Waals surface area contributed by atoms with Crippen LogP contribution in [0.3, 0.4) is 0 Å². The second-order valence-electron chi connectivity index (χ2n) is 5.55. The van der Waals surface area contributed by atoms with Gasteiger partial charge in [0.05, 0.1) is 17.2 Å². The lowest BCUT2D eigenvalue weighted by Crippen LogP contribution is -2.41. The lowest BCUT2D eigenvalue weighted by Gasteiger charge is -2.32. The van der Waals surface area contributed by atoms with Gasteiger partial charge in [-0.05, 0) is 37.4 Å². The zero-order valence-corrected chi connectivity index (χ0v) is 12.9. The van der Waals surface area contributed by atoms with Crippen LogP contribution in [0.25, 0.3) is 0 Å². The van der Waals surface area contributed by atoms with Gasteiger partial charge in [0, 0.05) is 12.5 Å². The van der Waals surface area contributed by atoms with Gasteiger partial charge in [-0.3, -0.25) is 14.4 Å². The number of carbonyl (C=O) groups is 3. The van der Waals surface area contributed by atoms with Crippen LogP contribution in [0.5, 0.6) is 0 Å². The lowest BCUT2D eigenvalue weighted by atomic mass is 9.93. The molecular weight excluding hydrogens is 306 g/mol. The molecule has 1 aliphatic rings. The van der Waals surface area contributed by atoms with E-state index in [4.69, 9.17) is 10.2 Å². The van der Waals surface area contributed by atoms with Crippen molar-refractivity contribution in [3.63, 3.8) is 0 Å². The van der Waals surface area contributed by atoms with Gasteiger partial charge < -0.3 is 15.1 Å². The molecule has 120 valence electrons. The SMILES string of the molecule is O=C(O)CC(CN1CCC(C(=O)O)CC1)C(=O)c1cccs1. The molecule has 1 fully saturated rings. The molecule has 0 aliphatic carbocycles. The topological polar surface area (TPSA) is 94.9 Å². The molecule has 1 aromatic heterocycles. The Morgan fingerprint density at radius 2 is 1.95 bits per heavy atom. The number of piperidine rings is 1. The van der Waals surface area contributed by atoms with Gasteiger partial charge in [0.15, 0.2) is 5.78 Å². The molecular formula is C15H19NO5S. The highest BCUT2D eigenvalue weighted by molar-refractivity contribution is 7.12. The zero-order valence-electron chi connectivity index (χ0n) is 12.1. The fourth-order valence-electron chi connectivity index (χ4n) is 2.75. The Labute approximate surface area is 132 Å². The molecule has 6 nitrogen and oxygen atoms in total. The summed E-state index contributed by atoms with van der Waals surface area (Å²) < 4.78 is 0. The number of aliphatic carboxylic acids is 2. The Morgan fingerprint density at radius 3 is 2.45 bits per heavy atom. The monoisotopic (exact) mass is 325 g/mol. The molecule has 1 aliphatic heterocycles. The van der Waals surface area contributed by atoms with Crippen molar-refractivity contribution >= 4 is 29.1 Å². The smallest absolute Gasteiger partial charge is 0.306 e. The van der Waals surface area contributed by atoms with E-state index in [9.17, 15) is 14.4 Å². The number of nitrogens with zero attached hydrogens (tertiary/aromatic N) is 1. The number of rotatable bonds is 7. The Kier molecular flexibility index (Phi) is 5.68. The number of hydrogen-bond donors (Lipinski definition) is 2. The van der Waals surface area contributed by atoms with Gasteiger partial charge in [-0.15, -0.1) is 11.3 Å². The molecule has 0 amide bonds. The molecule has 1 aromatic rings. The van der Waals surface area contributed by atoms with Crippen molar-refractivity contribution < 1.29 is 24.6 Å². The molecule has 1 unspecified atom stereocenters. The quantitative estimate of drug-likeness (QED) is 0.743. The highest BCUT2D eigenvalue weighted by Gasteiger charge is 2.29. The molecule has 0 bridgehead atoms. The third-order valence-electron chi connectivity index (χ3n) is 3.97. The van der Waals surface area contributed by atoms with E-state index in [1.807, 2.05) is 4.90 Å². The van der Waals surface area contributed by atoms with Crippen LogP contribution in [0.1, 0.15) is 28.9 Å². The summed E-state index contributed by atoms with van der Waals surface area (Å²) in [5, 5.41) is 19.8. The van der Waals surface area contributed by atoms with Crippen molar-refractivity contribution in [2.45, 2.75) is 19.3 Å². The van der Waals surface area contributed by atoms with Crippen LogP contribution in [-0.2, 0) is 9.59 Å². The molecule has 0 aromatic carbocycles. The first-order chi connectivity index (χ1) is 10.5. The van der Waals surface area contributed by atoms with Gasteiger partial charge in [0.1, 0.15) is 0 Å². The summed E-state index contributed by atoms with van der Waals surface area (Å²) in [5.41, 5.74) is 0. The van der Waals surface area contributed by atoms with Crippen LogP contribution in [-0.4, -0.2) is 52.5 Å². The minimum absolute atomic E-state index is 0.141. The average molecular weight is 325 g/mol. The Hall–Kier alpha value is -1.73. The van der Waals surface area contributed by atoms with Gasteiger partial charge in [-0.2, -0.15) is 0 Å². The zero-order chi connectivity index (χ0) is 16.1. The normalized spacial score (nSPS) is 18.0. The van der Waals surface area contributed by atoms with Crippen molar-refractivity contribution in [2.75, 3.05) is 19.6 Å². The highest BCUT2D eigenvalue weighted by Crippen LogP contribution is 2.22. The molecule has 0 radical (unpaired) electrons. The van der Waals surface area contributed by atoms with E-state index in [0.29, 0.717) is 37.4 Å². The van der Waals surface area contributed by atoms with Crippen molar-refractivity contribution in [3.05, 3.63) is 22.4 Å². The fraction of sp³-hybridized carbons (Fsp3) is 0.533. The minimum Gasteiger partial charge on any atom is -0.481 e. The van der Waals surface area contributed by atoms with Gasteiger partial charge in [0.2, 0.25) is 0 Å². The first-order valence-corrected chi connectivity index (χ1v) is 8.10. The van der Waals surface area contributed by atoms with Crippen LogP contribution in [0.2, 0.25) is 0 Å². The number of ketones is 1. The predicted molar refractivity (Wildman–Crippen MR) is 81.2 cm³/mol. The number of carboxylic acids is 2. The highest BCUT2D eigenvalue weighted by atomic mass is 32.1. The maximum atomic E-state index is 12.4. The van der Waals surface area contributed by atoms with E-state index < -0.39 is 17.9 Å². The molecule has 7 heteroatoms. The molecule has 22 heavy (non-hydrogen) atoms. The van der Waals surface area contributed by atoms with Crippen molar-refractivity contribution in [3.8, 4) is 0 Å². The van der Waals surface area contributed by atoms with Crippen molar-refractivity contribution in [2.24, 2.45) is 11.8 Å². The van der Waals surface area contributed by atoms with E-state index in [1.165, 1.54) is 11.3 Å². The van der Waals surface area contributed by atoms with Gasteiger partial charge >= 0.3 is 11.9 Å². The van der Waals surface area contributed by atoms with E-state index in [-0.39, 0.29) is 18.1 Å². The van der Waals surface area contributed by atoms with Crippen LogP contribution in [0, 0.1) is 11.8 Å². The van der Waals surface area contributed by atoms with E-state index in [0.717, 1.165) is 0 Å². The van der Waals surface area contributed by atoms with Crippen LogP contribution >= 0.6 is 11.3 Å². The van der Waals surface area contributed by atoms with Crippen molar-refractivity contribution in [1.29, 1.82) is 0 Å². The first kappa shape index (κ1) is 16.6. The molecule has 2 rings (SSSR count). The van der Waals surface area contributed by atoms with E-state index in [1.54, 1.807) is 17.5 Å². The summed E-state index contributed by atoms with van der Waals surface area (Å²) in [5.74, 6) is -2.83. The lowest BCUT2D eigenvalue weighted by molar-refractivity contribution is -0.143. The van der Waals surface area contributed by atoms with Crippen LogP contribution < -0.4 is 0 Å². The maximum Gasteiger partial charge on any atom is 0.306 e. The average Bonchev–Trinajstić information content (AvgIpc) is 3.00. The Morgan fingerprint density at radius 1 is 1.27 bits per heavy atom. The summed E-state index contributed by atoms with van der Waals surface area (Å²) in [6, 6.07) is 3.48. The molecule has 2 N–H and O–H groups in total. The third kappa shape index (κ3) is 4.38.